The molecule has 4 nitrogen and oxygen atoms in total. The third-order valence-electron chi connectivity index (χ3n) is 3.82. The fraction of sp³-hybridized carbons (Fsp3) is 0.353. The highest BCUT2D eigenvalue weighted by molar-refractivity contribution is 5.91. The fourth-order valence-corrected chi connectivity index (χ4v) is 2.48. The van der Waals surface area contributed by atoms with Crippen molar-refractivity contribution in [1.82, 2.24) is 5.32 Å². The average molecular weight is 285 g/mol. The van der Waals surface area contributed by atoms with Crippen LogP contribution in [-0.2, 0) is 0 Å². The van der Waals surface area contributed by atoms with E-state index in [9.17, 15) is 4.79 Å². The molecule has 1 fully saturated rings. The molecule has 4 heteroatoms. The van der Waals surface area contributed by atoms with Gasteiger partial charge in [0.1, 0.15) is 11.5 Å². The number of rotatable bonds is 5. The van der Waals surface area contributed by atoms with Crippen molar-refractivity contribution in [3.63, 3.8) is 0 Å². The van der Waals surface area contributed by atoms with Gasteiger partial charge in [0.15, 0.2) is 5.76 Å². The zero-order valence-electron chi connectivity index (χ0n) is 12.3. The summed E-state index contributed by atoms with van der Waals surface area (Å²) >= 11 is 0. The minimum Gasteiger partial charge on any atom is -0.497 e. The summed E-state index contributed by atoms with van der Waals surface area (Å²) in [5.41, 5.74) is 1.11. The Kier molecular flexibility index (Phi) is 3.69. The Morgan fingerprint density at radius 3 is 2.48 bits per heavy atom. The van der Waals surface area contributed by atoms with Crippen LogP contribution in [0.5, 0.6) is 5.75 Å². The molecule has 1 aromatic carbocycles. The van der Waals surface area contributed by atoms with Gasteiger partial charge in [-0.15, -0.1) is 0 Å². The van der Waals surface area contributed by atoms with Crippen LogP contribution in [0.25, 0.3) is 0 Å². The van der Waals surface area contributed by atoms with Gasteiger partial charge in [-0.3, -0.25) is 4.79 Å². The van der Waals surface area contributed by atoms with Gasteiger partial charge in [-0.05, 0) is 55.5 Å². The number of aryl methyl sites for hydroxylation is 1. The first-order valence-electron chi connectivity index (χ1n) is 7.18. The van der Waals surface area contributed by atoms with Crippen LogP contribution >= 0.6 is 0 Å². The molecule has 1 saturated carbocycles. The maximum absolute atomic E-state index is 12.3. The third kappa shape index (κ3) is 3.10. The first-order valence-corrected chi connectivity index (χ1v) is 7.18. The summed E-state index contributed by atoms with van der Waals surface area (Å²) < 4.78 is 10.6. The molecule has 1 atom stereocenters. The van der Waals surface area contributed by atoms with Crippen LogP contribution in [0.1, 0.15) is 40.8 Å². The zero-order valence-corrected chi connectivity index (χ0v) is 12.3. The lowest BCUT2D eigenvalue weighted by molar-refractivity contribution is 0.0902. The Morgan fingerprint density at radius 1 is 1.24 bits per heavy atom. The first kappa shape index (κ1) is 13.7. The smallest absolute Gasteiger partial charge is 0.287 e. The number of furan rings is 1. The van der Waals surface area contributed by atoms with Gasteiger partial charge in [0, 0.05) is 0 Å². The summed E-state index contributed by atoms with van der Waals surface area (Å²) in [5, 5.41) is 3.09. The largest absolute Gasteiger partial charge is 0.497 e. The molecule has 0 radical (unpaired) electrons. The zero-order chi connectivity index (χ0) is 14.8. The van der Waals surface area contributed by atoms with E-state index in [4.69, 9.17) is 9.15 Å². The minimum atomic E-state index is -0.157. The van der Waals surface area contributed by atoms with Gasteiger partial charge in [-0.1, -0.05) is 12.1 Å². The molecule has 1 N–H and O–H groups in total. The lowest BCUT2D eigenvalue weighted by Crippen LogP contribution is -2.29. The van der Waals surface area contributed by atoms with Crippen molar-refractivity contribution in [2.75, 3.05) is 7.11 Å². The predicted octanol–water partition coefficient (Wildman–Crippen LogP) is 3.48. The van der Waals surface area contributed by atoms with E-state index in [0.717, 1.165) is 29.9 Å². The van der Waals surface area contributed by atoms with Crippen LogP contribution in [0, 0.1) is 12.8 Å². The van der Waals surface area contributed by atoms with E-state index in [0.29, 0.717) is 11.7 Å². The molecule has 3 rings (SSSR count). The van der Waals surface area contributed by atoms with Crippen molar-refractivity contribution in [3.05, 3.63) is 53.5 Å². The molecule has 0 bridgehead atoms. The van der Waals surface area contributed by atoms with E-state index in [1.54, 1.807) is 19.2 Å². The molecule has 0 spiro atoms. The molecule has 1 aliphatic rings. The number of nitrogens with one attached hydrogen (secondary N) is 1. The number of hydrogen-bond acceptors (Lipinski definition) is 3. The van der Waals surface area contributed by atoms with Crippen molar-refractivity contribution >= 4 is 5.91 Å². The van der Waals surface area contributed by atoms with E-state index in [1.165, 1.54) is 0 Å². The lowest BCUT2D eigenvalue weighted by atomic mass is 10.0. The summed E-state index contributed by atoms with van der Waals surface area (Å²) in [6.45, 7) is 1.83. The van der Waals surface area contributed by atoms with E-state index >= 15 is 0 Å². The van der Waals surface area contributed by atoms with Gasteiger partial charge in [-0.25, -0.2) is 0 Å². The number of carbonyl (C=O) groups is 1. The molecule has 2 aromatic rings. The highest BCUT2D eigenvalue weighted by Gasteiger charge is 2.34. The molecule has 21 heavy (non-hydrogen) atoms. The number of benzene rings is 1. The molecule has 1 amide bonds. The van der Waals surface area contributed by atoms with Gasteiger partial charge in [0.05, 0.1) is 13.2 Å². The van der Waals surface area contributed by atoms with Gasteiger partial charge in [0.2, 0.25) is 0 Å². The second kappa shape index (κ2) is 5.64. The monoisotopic (exact) mass is 285 g/mol. The van der Waals surface area contributed by atoms with E-state index in [2.05, 4.69) is 5.32 Å². The Hall–Kier alpha value is -2.23. The fourth-order valence-electron chi connectivity index (χ4n) is 2.48. The molecular formula is C17H19NO3. The maximum atomic E-state index is 12.3. The van der Waals surface area contributed by atoms with Crippen LogP contribution < -0.4 is 10.1 Å². The summed E-state index contributed by atoms with van der Waals surface area (Å²) in [6.07, 6.45) is 2.29. The second-order valence-electron chi connectivity index (χ2n) is 5.47. The number of methoxy groups -OCH3 is 1. The van der Waals surface area contributed by atoms with Crippen molar-refractivity contribution in [2.24, 2.45) is 5.92 Å². The molecule has 1 unspecified atom stereocenters. The topological polar surface area (TPSA) is 51.5 Å². The Bertz CT molecular complexity index is 626. The summed E-state index contributed by atoms with van der Waals surface area (Å²) in [6, 6.07) is 11.4. The van der Waals surface area contributed by atoms with Crippen molar-refractivity contribution in [2.45, 2.75) is 25.8 Å². The maximum Gasteiger partial charge on any atom is 0.287 e. The van der Waals surface area contributed by atoms with Crippen LogP contribution in [-0.4, -0.2) is 13.0 Å². The van der Waals surface area contributed by atoms with Crippen molar-refractivity contribution < 1.29 is 13.9 Å². The molecular weight excluding hydrogens is 266 g/mol. The van der Waals surface area contributed by atoms with Crippen LogP contribution in [0.2, 0.25) is 0 Å². The minimum absolute atomic E-state index is 0.0359. The molecule has 1 aliphatic carbocycles. The van der Waals surface area contributed by atoms with Crippen LogP contribution in [0.4, 0.5) is 0 Å². The van der Waals surface area contributed by atoms with E-state index in [1.807, 2.05) is 31.2 Å². The molecule has 0 saturated heterocycles. The SMILES string of the molecule is COc1ccc(C(NC(=O)c2ccc(C)o2)C2CC2)cc1. The quantitative estimate of drug-likeness (QED) is 0.915. The van der Waals surface area contributed by atoms with E-state index < -0.39 is 0 Å². The van der Waals surface area contributed by atoms with Crippen molar-refractivity contribution in [3.8, 4) is 5.75 Å². The normalized spacial score (nSPS) is 15.5. The molecule has 1 aromatic heterocycles. The Balaban J connectivity index is 1.76. The second-order valence-corrected chi connectivity index (χ2v) is 5.47. The van der Waals surface area contributed by atoms with Gasteiger partial charge in [-0.2, -0.15) is 0 Å². The number of ether oxygens (including phenoxy) is 1. The van der Waals surface area contributed by atoms with Crippen LogP contribution in [0.15, 0.2) is 40.8 Å². The lowest BCUT2D eigenvalue weighted by Gasteiger charge is -2.18. The molecule has 0 aliphatic heterocycles. The summed E-state index contributed by atoms with van der Waals surface area (Å²) in [5.74, 6) is 2.29. The standard InChI is InChI=1S/C17H19NO3/c1-11-3-10-15(21-11)17(19)18-16(12-4-5-12)13-6-8-14(20-2)9-7-13/h3,6-10,12,16H,4-5H2,1-2H3,(H,18,19). The van der Waals surface area contributed by atoms with Crippen molar-refractivity contribution in [1.29, 1.82) is 0 Å². The average Bonchev–Trinajstić information content (AvgIpc) is 3.25. The third-order valence-corrected chi connectivity index (χ3v) is 3.82. The summed E-state index contributed by atoms with van der Waals surface area (Å²) in [7, 11) is 1.65. The summed E-state index contributed by atoms with van der Waals surface area (Å²) in [4.78, 5) is 12.3. The Morgan fingerprint density at radius 2 is 1.95 bits per heavy atom. The highest BCUT2D eigenvalue weighted by Crippen LogP contribution is 2.41. The molecule has 110 valence electrons. The van der Waals surface area contributed by atoms with Gasteiger partial charge >= 0.3 is 0 Å². The predicted molar refractivity (Wildman–Crippen MR) is 79.4 cm³/mol. The Labute approximate surface area is 124 Å². The number of carbonyl (C=O) groups excluding carboxylic acids is 1. The van der Waals surface area contributed by atoms with Crippen LogP contribution in [0.3, 0.4) is 0 Å². The number of hydrogen-bond donors (Lipinski definition) is 1. The highest BCUT2D eigenvalue weighted by atomic mass is 16.5. The first-order chi connectivity index (χ1) is 10.2. The number of amides is 1. The van der Waals surface area contributed by atoms with Gasteiger partial charge in [0.25, 0.3) is 5.91 Å². The molecule has 1 heterocycles. The van der Waals surface area contributed by atoms with E-state index in [-0.39, 0.29) is 11.9 Å². The van der Waals surface area contributed by atoms with Gasteiger partial charge < -0.3 is 14.5 Å².